The van der Waals surface area contributed by atoms with Crippen LogP contribution in [0.2, 0.25) is 5.28 Å². The van der Waals surface area contributed by atoms with Gasteiger partial charge in [-0.15, -0.1) is 0 Å². The summed E-state index contributed by atoms with van der Waals surface area (Å²) < 4.78 is 12.8. The van der Waals surface area contributed by atoms with E-state index in [0.717, 1.165) is 93.9 Å². The van der Waals surface area contributed by atoms with Crippen molar-refractivity contribution in [1.82, 2.24) is 19.9 Å². The zero-order valence-corrected chi connectivity index (χ0v) is 33.6. The fourth-order valence-corrected chi connectivity index (χ4v) is 9.47. The molecule has 0 radical (unpaired) electrons. The van der Waals surface area contributed by atoms with E-state index in [1.165, 1.54) is 27.1 Å². The zero-order valence-electron chi connectivity index (χ0n) is 32.9. The van der Waals surface area contributed by atoms with E-state index in [-0.39, 0.29) is 5.28 Å². The first-order chi connectivity index (χ1) is 30.6. The molecule has 0 amide bonds. The van der Waals surface area contributed by atoms with Gasteiger partial charge in [0.2, 0.25) is 5.28 Å². The van der Waals surface area contributed by atoms with Crippen molar-refractivity contribution in [2.24, 2.45) is 0 Å². The van der Waals surface area contributed by atoms with Crippen LogP contribution in [0.1, 0.15) is 0 Å². The molecule has 4 aromatic heterocycles. The number of para-hydroxylation sites is 3. The van der Waals surface area contributed by atoms with E-state index in [1.54, 1.807) is 0 Å². The van der Waals surface area contributed by atoms with Gasteiger partial charge in [0.25, 0.3) is 0 Å². The van der Waals surface area contributed by atoms with E-state index in [2.05, 4.69) is 148 Å². The Morgan fingerprint density at radius 1 is 0.387 bits per heavy atom. The van der Waals surface area contributed by atoms with Gasteiger partial charge in [0.1, 0.15) is 22.3 Å². The van der Waals surface area contributed by atoms with Crippen LogP contribution in [0.5, 0.6) is 0 Å². The highest BCUT2D eigenvalue weighted by atomic mass is 35.5. The molecule has 4 heterocycles. The number of fused-ring (bicyclic) bond motifs is 11. The summed E-state index contributed by atoms with van der Waals surface area (Å²) in [5, 5.41) is 9.30. The molecule has 13 rings (SSSR count). The lowest BCUT2D eigenvalue weighted by atomic mass is 9.96. The number of hydrogen-bond donors (Lipinski definition) is 1. The third-order valence-corrected chi connectivity index (χ3v) is 12.4. The summed E-state index contributed by atoms with van der Waals surface area (Å²) in [5.41, 5.74) is 13.6. The average molecular weight is 815 g/mol. The molecule has 0 bridgehead atoms. The van der Waals surface area contributed by atoms with Crippen LogP contribution in [0.15, 0.2) is 191 Å². The fraction of sp³-hybridized carbons (Fsp3) is 0. The molecule has 0 fully saturated rings. The minimum Gasteiger partial charge on any atom is -0.456 e. The van der Waals surface area contributed by atoms with Gasteiger partial charge in [-0.25, -0.2) is 4.98 Å². The second kappa shape index (κ2) is 13.5. The molecule has 290 valence electrons. The summed E-state index contributed by atoms with van der Waals surface area (Å²) >= 11 is 6.56. The third-order valence-electron chi connectivity index (χ3n) is 12.2. The fourth-order valence-electron chi connectivity index (χ4n) is 9.31. The number of benzene rings is 9. The van der Waals surface area contributed by atoms with Gasteiger partial charge >= 0.3 is 0 Å². The number of nitrogens with one attached hydrogen (secondary N) is 1. The molecule has 62 heavy (non-hydrogen) atoms. The number of aromatic amines is 1. The Morgan fingerprint density at radius 2 is 1.02 bits per heavy atom. The number of hydrogen-bond acceptors (Lipinski definition) is 5. The Hall–Kier alpha value is -8.06. The molecular formula is C55H31ClN4O2. The van der Waals surface area contributed by atoms with Gasteiger partial charge in [-0.2, -0.15) is 9.97 Å². The van der Waals surface area contributed by atoms with Crippen molar-refractivity contribution < 1.29 is 8.83 Å². The highest BCUT2D eigenvalue weighted by Crippen LogP contribution is 2.41. The Labute approximate surface area is 358 Å². The van der Waals surface area contributed by atoms with Crippen LogP contribution in [0.3, 0.4) is 0 Å². The predicted molar refractivity (Wildman–Crippen MR) is 253 cm³/mol. The molecule has 0 spiro atoms. The van der Waals surface area contributed by atoms with E-state index < -0.39 is 0 Å². The largest absolute Gasteiger partial charge is 0.456 e. The summed E-state index contributed by atoms with van der Waals surface area (Å²) in [6.45, 7) is 0. The number of halogens is 1. The molecular weight excluding hydrogens is 784 g/mol. The van der Waals surface area contributed by atoms with Crippen molar-refractivity contribution in [2.75, 3.05) is 0 Å². The predicted octanol–water partition coefficient (Wildman–Crippen LogP) is 15.4. The maximum absolute atomic E-state index is 6.65. The second-order valence-electron chi connectivity index (χ2n) is 15.8. The van der Waals surface area contributed by atoms with Crippen molar-refractivity contribution >= 4 is 88.1 Å². The Kier molecular flexibility index (Phi) is 7.56. The van der Waals surface area contributed by atoms with Crippen molar-refractivity contribution in [3.05, 3.63) is 187 Å². The molecule has 0 aliphatic heterocycles. The quantitative estimate of drug-likeness (QED) is 0.187. The first kappa shape index (κ1) is 34.8. The number of aromatic nitrogens is 4. The average Bonchev–Trinajstić information content (AvgIpc) is 4.02. The first-order valence-corrected chi connectivity index (χ1v) is 20.9. The summed E-state index contributed by atoms with van der Waals surface area (Å²) in [6, 6.07) is 63.3. The maximum atomic E-state index is 6.65. The minimum absolute atomic E-state index is 0.115. The maximum Gasteiger partial charge on any atom is 0.226 e. The zero-order chi connectivity index (χ0) is 40.9. The monoisotopic (exact) mass is 814 g/mol. The van der Waals surface area contributed by atoms with Gasteiger partial charge in [-0.1, -0.05) is 133 Å². The van der Waals surface area contributed by atoms with Crippen LogP contribution in [0.25, 0.3) is 133 Å². The molecule has 0 unspecified atom stereocenters. The van der Waals surface area contributed by atoms with Crippen LogP contribution < -0.4 is 0 Å². The summed E-state index contributed by atoms with van der Waals surface area (Å²) in [6.07, 6.45) is 0. The van der Waals surface area contributed by atoms with Crippen molar-refractivity contribution in [2.45, 2.75) is 0 Å². The highest BCUT2D eigenvalue weighted by molar-refractivity contribution is 6.28. The van der Waals surface area contributed by atoms with Gasteiger partial charge < -0.3 is 13.8 Å². The Balaban J connectivity index is 0.858. The van der Waals surface area contributed by atoms with Crippen LogP contribution in [-0.2, 0) is 0 Å². The summed E-state index contributed by atoms with van der Waals surface area (Å²) in [4.78, 5) is 17.7. The minimum atomic E-state index is 0.115. The lowest BCUT2D eigenvalue weighted by Gasteiger charge is -2.08. The summed E-state index contributed by atoms with van der Waals surface area (Å²) in [7, 11) is 0. The van der Waals surface area contributed by atoms with Crippen LogP contribution in [-0.4, -0.2) is 19.9 Å². The molecule has 0 aliphatic rings. The topological polar surface area (TPSA) is 80.7 Å². The third kappa shape index (κ3) is 5.47. The van der Waals surface area contributed by atoms with Gasteiger partial charge in [0, 0.05) is 60.1 Å². The second-order valence-corrected chi connectivity index (χ2v) is 16.1. The molecule has 13 aromatic rings. The molecule has 1 N–H and O–H groups in total. The van der Waals surface area contributed by atoms with E-state index >= 15 is 0 Å². The molecule has 9 aromatic carbocycles. The lowest BCUT2D eigenvalue weighted by molar-refractivity contribution is 0.669. The Morgan fingerprint density at radius 3 is 1.90 bits per heavy atom. The smallest absolute Gasteiger partial charge is 0.226 e. The number of H-pyrrole nitrogens is 1. The van der Waals surface area contributed by atoms with Gasteiger partial charge in [0.05, 0.1) is 5.52 Å². The van der Waals surface area contributed by atoms with Gasteiger partial charge in [0.15, 0.2) is 11.6 Å². The van der Waals surface area contributed by atoms with Gasteiger partial charge in [-0.05, 0) is 93.2 Å². The van der Waals surface area contributed by atoms with E-state index in [0.29, 0.717) is 11.6 Å². The normalized spacial score (nSPS) is 12.0. The van der Waals surface area contributed by atoms with Crippen molar-refractivity contribution in [3.8, 4) is 56.2 Å². The number of nitrogens with zero attached hydrogens (tertiary/aromatic N) is 3. The SMILES string of the molecule is Clc1nc(-c2cccc(-c3cccc4c3oc3ccc(-c5cccc(-c6cccc7c6[nH]c6ccc8ccccc8c67)c5)cc34)c2)nc(-c2ccc3c(c2)oc2ccccc23)n1. The summed E-state index contributed by atoms with van der Waals surface area (Å²) in [5.74, 6) is 0.946. The molecule has 0 saturated heterocycles. The molecule has 0 saturated carbocycles. The van der Waals surface area contributed by atoms with Crippen LogP contribution in [0.4, 0.5) is 0 Å². The van der Waals surface area contributed by atoms with Gasteiger partial charge in [-0.3, -0.25) is 0 Å². The Bertz CT molecular complexity index is 3970. The van der Waals surface area contributed by atoms with Crippen LogP contribution >= 0.6 is 11.6 Å². The molecule has 6 nitrogen and oxygen atoms in total. The van der Waals surface area contributed by atoms with Crippen molar-refractivity contribution in [1.29, 1.82) is 0 Å². The lowest BCUT2D eigenvalue weighted by Crippen LogP contribution is -1.97. The van der Waals surface area contributed by atoms with Crippen LogP contribution in [0, 0.1) is 0 Å². The van der Waals surface area contributed by atoms with Crippen molar-refractivity contribution in [3.63, 3.8) is 0 Å². The van der Waals surface area contributed by atoms with E-state index in [1.807, 2.05) is 48.5 Å². The first-order valence-electron chi connectivity index (χ1n) is 20.5. The standard InChI is InChI=1S/C55H31ClN4O2/c56-55-59-53(58-54(60-55)37-21-24-42-41-15-3-4-20-47(41)61-49(42)30-37)36-13-6-12-35(28-36)40-17-8-18-43-45-29-33(23-26-48(45)62-52(40)43)32-10-5-11-34(27-32)39-16-7-19-44-50-38-14-2-1-9-31(38)22-25-46(50)57-51(39)44/h1-30,57H. The number of rotatable bonds is 5. The molecule has 0 aliphatic carbocycles. The molecule has 7 heteroatoms. The number of furan rings is 2. The molecule has 0 atom stereocenters. The van der Waals surface area contributed by atoms with E-state index in [9.17, 15) is 0 Å². The highest BCUT2D eigenvalue weighted by Gasteiger charge is 2.18. The van der Waals surface area contributed by atoms with E-state index in [4.69, 9.17) is 25.4 Å².